The summed E-state index contributed by atoms with van der Waals surface area (Å²) in [6.07, 6.45) is -0.0370. The molecule has 1 aliphatic rings. The van der Waals surface area contributed by atoms with E-state index in [9.17, 15) is 0 Å². The maximum atomic E-state index is 5.12. The smallest absolute Gasteiger partial charge is 0.162 e. The van der Waals surface area contributed by atoms with Gasteiger partial charge in [0.15, 0.2) is 12.1 Å². The van der Waals surface area contributed by atoms with E-state index >= 15 is 0 Å². The van der Waals surface area contributed by atoms with Crippen LogP contribution in [0.2, 0.25) is 0 Å². The molecule has 1 saturated heterocycles. The van der Waals surface area contributed by atoms with Gasteiger partial charge in [-0.2, -0.15) is 0 Å². The van der Waals surface area contributed by atoms with Crippen molar-refractivity contribution in [3.05, 3.63) is 0 Å². The highest BCUT2D eigenvalue weighted by atomic mass is 16.7. The van der Waals surface area contributed by atoms with Crippen LogP contribution in [0.3, 0.4) is 0 Å². The van der Waals surface area contributed by atoms with Crippen molar-refractivity contribution in [3.8, 4) is 0 Å². The zero-order valence-corrected chi connectivity index (χ0v) is 10.5. The third-order valence-corrected chi connectivity index (χ3v) is 1.79. The van der Waals surface area contributed by atoms with Crippen molar-refractivity contribution in [2.24, 2.45) is 0 Å². The third kappa shape index (κ3) is 8.81. The molecule has 0 aliphatic carbocycles. The summed E-state index contributed by atoms with van der Waals surface area (Å²) < 4.78 is 20.4. The normalized spacial score (nSPS) is 18.8. The first kappa shape index (κ1) is 14.8. The van der Waals surface area contributed by atoms with Crippen LogP contribution in [0.15, 0.2) is 0 Å². The summed E-state index contributed by atoms with van der Waals surface area (Å²) in [6.45, 7) is 12.6. The van der Waals surface area contributed by atoms with Gasteiger partial charge in [0, 0.05) is 13.2 Å². The zero-order chi connectivity index (χ0) is 11.7. The molecule has 0 unspecified atom stereocenters. The Hall–Kier alpha value is -0.160. The highest BCUT2D eigenvalue weighted by Crippen LogP contribution is 2.15. The molecule has 4 nitrogen and oxygen atoms in total. The lowest BCUT2D eigenvalue weighted by Gasteiger charge is -2.13. The summed E-state index contributed by atoms with van der Waals surface area (Å²) >= 11 is 0. The van der Waals surface area contributed by atoms with Gasteiger partial charge in [-0.25, -0.2) is 0 Å². The second-order valence-electron chi connectivity index (χ2n) is 3.58. The molecule has 0 aromatic heterocycles. The van der Waals surface area contributed by atoms with Crippen molar-refractivity contribution in [1.82, 2.24) is 0 Å². The first-order valence-corrected chi connectivity index (χ1v) is 5.53. The average molecular weight is 220 g/mol. The number of hydrogen-bond donors (Lipinski definition) is 0. The van der Waals surface area contributed by atoms with Gasteiger partial charge in [-0.1, -0.05) is 0 Å². The number of hydrogen-bond acceptors (Lipinski definition) is 4. The van der Waals surface area contributed by atoms with E-state index < -0.39 is 0 Å². The SMILES string of the molecule is CC1(C)OCCO1.CCOC(C)OCC. The lowest BCUT2D eigenvalue weighted by atomic mass is 10.4. The standard InChI is InChI=1S/C6H14O2.C5H10O2/c1-4-7-6(3)8-5-2;1-5(2)6-3-4-7-5/h6H,4-5H2,1-3H3;3-4H2,1-2H3. The first-order chi connectivity index (χ1) is 7.02. The highest BCUT2D eigenvalue weighted by Gasteiger charge is 2.23. The summed E-state index contributed by atoms with van der Waals surface area (Å²) in [4.78, 5) is 0. The van der Waals surface area contributed by atoms with Crippen molar-refractivity contribution in [2.75, 3.05) is 26.4 Å². The molecule has 0 spiro atoms. The fourth-order valence-corrected chi connectivity index (χ4v) is 1.13. The summed E-state index contributed by atoms with van der Waals surface area (Å²) in [7, 11) is 0. The van der Waals surface area contributed by atoms with Crippen LogP contribution in [0, 0.1) is 0 Å². The van der Waals surface area contributed by atoms with Gasteiger partial charge >= 0.3 is 0 Å². The minimum absolute atomic E-state index is 0.0370. The Bertz CT molecular complexity index is 134. The minimum Gasteiger partial charge on any atom is -0.353 e. The molecule has 0 N–H and O–H groups in total. The number of ether oxygens (including phenoxy) is 4. The van der Waals surface area contributed by atoms with Crippen LogP contribution >= 0.6 is 0 Å². The molecule has 1 aliphatic heterocycles. The predicted molar refractivity (Wildman–Crippen MR) is 58.7 cm³/mol. The largest absolute Gasteiger partial charge is 0.353 e. The molecule has 1 rings (SSSR count). The molecule has 0 saturated carbocycles. The summed E-state index contributed by atoms with van der Waals surface area (Å²) in [5.74, 6) is -0.306. The Morgan fingerprint density at radius 2 is 1.47 bits per heavy atom. The molecule has 0 radical (unpaired) electrons. The van der Waals surface area contributed by atoms with Crippen molar-refractivity contribution < 1.29 is 18.9 Å². The van der Waals surface area contributed by atoms with Crippen molar-refractivity contribution >= 4 is 0 Å². The van der Waals surface area contributed by atoms with E-state index in [0.29, 0.717) is 0 Å². The molecule has 1 fully saturated rings. The average Bonchev–Trinajstić information content (AvgIpc) is 2.52. The van der Waals surface area contributed by atoms with Gasteiger partial charge in [0.2, 0.25) is 0 Å². The Kier molecular flexibility index (Phi) is 7.96. The van der Waals surface area contributed by atoms with Gasteiger partial charge in [-0.15, -0.1) is 0 Å². The van der Waals surface area contributed by atoms with Gasteiger partial charge in [-0.3, -0.25) is 0 Å². The van der Waals surface area contributed by atoms with Gasteiger partial charge in [0.25, 0.3) is 0 Å². The van der Waals surface area contributed by atoms with Crippen LogP contribution in [0.1, 0.15) is 34.6 Å². The van der Waals surface area contributed by atoms with Gasteiger partial charge < -0.3 is 18.9 Å². The first-order valence-electron chi connectivity index (χ1n) is 5.53. The predicted octanol–water partition coefficient (Wildman–Crippen LogP) is 2.17. The number of rotatable bonds is 4. The van der Waals surface area contributed by atoms with Crippen LogP contribution in [0.4, 0.5) is 0 Å². The Morgan fingerprint density at radius 3 is 1.67 bits per heavy atom. The van der Waals surface area contributed by atoms with Crippen molar-refractivity contribution in [3.63, 3.8) is 0 Å². The van der Waals surface area contributed by atoms with E-state index in [2.05, 4.69) is 0 Å². The molecule has 0 atom stereocenters. The maximum Gasteiger partial charge on any atom is 0.162 e. The van der Waals surface area contributed by atoms with Crippen LogP contribution < -0.4 is 0 Å². The molecule has 0 aromatic carbocycles. The molecule has 0 amide bonds. The molecular formula is C11H24O4. The monoisotopic (exact) mass is 220 g/mol. The Labute approximate surface area is 92.8 Å². The van der Waals surface area contributed by atoms with Gasteiger partial charge in [0.05, 0.1) is 13.2 Å². The molecule has 0 bridgehead atoms. The molecule has 92 valence electrons. The molecular weight excluding hydrogens is 196 g/mol. The van der Waals surface area contributed by atoms with E-state index in [-0.39, 0.29) is 12.1 Å². The fourth-order valence-electron chi connectivity index (χ4n) is 1.13. The fraction of sp³-hybridized carbons (Fsp3) is 1.00. The van der Waals surface area contributed by atoms with Crippen molar-refractivity contribution in [2.45, 2.75) is 46.7 Å². The highest BCUT2D eigenvalue weighted by molar-refractivity contribution is 4.58. The van der Waals surface area contributed by atoms with Crippen molar-refractivity contribution in [1.29, 1.82) is 0 Å². The van der Waals surface area contributed by atoms with Crippen LogP contribution in [-0.4, -0.2) is 38.5 Å². The Balaban J connectivity index is 0.000000262. The van der Waals surface area contributed by atoms with E-state index in [4.69, 9.17) is 18.9 Å². The molecule has 1 heterocycles. The van der Waals surface area contributed by atoms with E-state index in [1.165, 1.54) is 0 Å². The second kappa shape index (κ2) is 8.05. The molecule has 0 aromatic rings. The lowest BCUT2D eigenvalue weighted by molar-refractivity contribution is -0.125. The summed E-state index contributed by atoms with van der Waals surface area (Å²) in [6, 6.07) is 0. The molecule has 4 heteroatoms. The van der Waals surface area contributed by atoms with Crippen LogP contribution in [0.25, 0.3) is 0 Å². The second-order valence-corrected chi connectivity index (χ2v) is 3.58. The van der Waals surface area contributed by atoms with E-state index in [0.717, 1.165) is 26.4 Å². The topological polar surface area (TPSA) is 36.9 Å². The lowest BCUT2D eigenvalue weighted by Crippen LogP contribution is -2.18. The van der Waals surface area contributed by atoms with Crippen LogP contribution in [-0.2, 0) is 18.9 Å². The van der Waals surface area contributed by atoms with E-state index in [1.807, 2.05) is 34.6 Å². The van der Waals surface area contributed by atoms with E-state index in [1.54, 1.807) is 0 Å². The van der Waals surface area contributed by atoms with Crippen LogP contribution in [0.5, 0.6) is 0 Å². The molecule has 15 heavy (non-hydrogen) atoms. The summed E-state index contributed by atoms with van der Waals surface area (Å²) in [5, 5.41) is 0. The van der Waals surface area contributed by atoms with Gasteiger partial charge in [-0.05, 0) is 34.6 Å². The quantitative estimate of drug-likeness (QED) is 0.680. The third-order valence-electron chi connectivity index (χ3n) is 1.79. The van der Waals surface area contributed by atoms with Gasteiger partial charge in [0.1, 0.15) is 0 Å². The zero-order valence-electron chi connectivity index (χ0n) is 10.5. The Morgan fingerprint density at radius 1 is 1.07 bits per heavy atom. The maximum absolute atomic E-state index is 5.12. The minimum atomic E-state index is -0.306. The summed E-state index contributed by atoms with van der Waals surface area (Å²) in [5.41, 5.74) is 0.